The number of carbonyl (C=O) groups is 1. The topological polar surface area (TPSA) is 79.8 Å². The second kappa shape index (κ2) is 10.7. The van der Waals surface area contributed by atoms with Gasteiger partial charge in [-0.2, -0.15) is 4.98 Å². The molecule has 3 aliphatic rings. The summed E-state index contributed by atoms with van der Waals surface area (Å²) in [6.45, 7) is 9.83. The average molecular weight is 466 g/mol. The number of fused-ring (bicyclic) bond motifs is 2. The normalized spacial score (nSPS) is 23.0. The molecule has 5 rings (SSSR count). The summed E-state index contributed by atoms with van der Waals surface area (Å²) in [6, 6.07) is 6.57. The van der Waals surface area contributed by atoms with Crippen molar-refractivity contribution in [2.45, 2.75) is 44.6 Å². The van der Waals surface area contributed by atoms with Crippen LogP contribution in [-0.2, 0) is 9.53 Å². The molecule has 0 bridgehead atoms. The van der Waals surface area contributed by atoms with Crippen molar-refractivity contribution in [3.8, 4) is 5.75 Å². The highest BCUT2D eigenvalue weighted by Crippen LogP contribution is 2.40. The molecule has 34 heavy (non-hydrogen) atoms. The summed E-state index contributed by atoms with van der Waals surface area (Å²) >= 11 is 0. The van der Waals surface area contributed by atoms with Gasteiger partial charge in [0, 0.05) is 43.7 Å². The SMILES string of the molecule is C=CC(=O)Nc1nc(N2CCC3CCCCC32)c2ccc(OCCCN3CCOCC3)cc2n1. The number of nitrogens with zero attached hydrogens (tertiary/aromatic N) is 4. The van der Waals surface area contributed by atoms with Crippen molar-refractivity contribution in [1.29, 1.82) is 0 Å². The van der Waals surface area contributed by atoms with E-state index in [1.54, 1.807) is 0 Å². The zero-order valence-corrected chi connectivity index (χ0v) is 19.9. The molecule has 1 N–H and O–H groups in total. The lowest BCUT2D eigenvalue weighted by Gasteiger charge is -2.33. The summed E-state index contributed by atoms with van der Waals surface area (Å²) in [5.41, 5.74) is 0.786. The lowest BCUT2D eigenvalue weighted by Crippen LogP contribution is -2.37. The maximum atomic E-state index is 12.0. The van der Waals surface area contributed by atoms with Gasteiger partial charge >= 0.3 is 0 Å². The van der Waals surface area contributed by atoms with Crippen molar-refractivity contribution in [3.05, 3.63) is 30.9 Å². The Morgan fingerprint density at radius 1 is 1.18 bits per heavy atom. The highest BCUT2D eigenvalue weighted by atomic mass is 16.5. The van der Waals surface area contributed by atoms with E-state index in [2.05, 4.69) is 32.7 Å². The number of aromatic nitrogens is 2. The molecule has 1 amide bonds. The van der Waals surface area contributed by atoms with Gasteiger partial charge in [0.2, 0.25) is 11.9 Å². The minimum absolute atomic E-state index is 0.308. The molecule has 182 valence electrons. The molecular formula is C26H35N5O3. The number of amides is 1. The quantitative estimate of drug-likeness (QED) is 0.471. The molecule has 1 aromatic heterocycles. The molecule has 0 radical (unpaired) electrons. The summed E-state index contributed by atoms with van der Waals surface area (Å²) in [5.74, 6) is 2.45. The van der Waals surface area contributed by atoms with Gasteiger partial charge in [-0.3, -0.25) is 15.0 Å². The number of rotatable bonds is 8. The van der Waals surface area contributed by atoms with E-state index in [1.165, 1.54) is 38.2 Å². The fourth-order valence-electron chi connectivity index (χ4n) is 5.59. The van der Waals surface area contributed by atoms with Crippen LogP contribution in [0.1, 0.15) is 38.5 Å². The average Bonchev–Trinajstić information content (AvgIpc) is 3.30. The molecule has 1 aliphatic carbocycles. The second-order valence-corrected chi connectivity index (χ2v) is 9.49. The standard InChI is InChI=1S/C26H35N5O3/c1-2-24(32)28-26-27-22-18-20(34-15-5-11-30-13-16-33-17-14-30)8-9-21(22)25(29-26)31-12-10-19-6-3-4-7-23(19)31/h2,8-9,18-19,23H,1,3-7,10-17H2,(H,27,28,29,32). The van der Waals surface area contributed by atoms with Gasteiger partial charge in [0.1, 0.15) is 11.6 Å². The zero-order valence-electron chi connectivity index (χ0n) is 19.9. The fourth-order valence-corrected chi connectivity index (χ4v) is 5.59. The largest absolute Gasteiger partial charge is 0.493 e. The van der Waals surface area contributed by atoms with Gasteiger partial charge in [-0.05, 0) is 49.8 Å². The van der Waals surface area contributed by atoms with Crippen molar-refractivity contribution in [2.24, 2.45) is 5.92 Å². The number of nitrogens with one attached hydrogen (secondary N) is 1. The van der Waals surface area contributed by atoms with Crippen LogP contribution in [-0.4, -0.2) is 72.8 Å². The van der Waals surface area contributed by atoms with E-state index in [9.17, 15) is 4.79 Å². The number of hydrogen-bond acceptors (Lipinski definition) is 7. The van der Waals surface area contributed by atoms with E-state index < -0.39 is 0 Å². The number of ether oxygens (including phenoxy) is 2. The van der Waals surface area contributed by atoms with Crippen LogP contribution in [0.5, 0.6) is 5.75 Å². The van der Waals surface area contributed by atoms with E-state index in [1.807, 2.05) is 12.1 Å². The van der Waals surface area contributed by atoms with Gasteiger partial charge in [0.25, 0.3) is 0 Å². The van der Waals surface area contributed by atoms with Crippen molar-refractivity contribution in [2.75, 3.05) is 56.2 Å². The predicted molar refractivity (Wildman–Crippen MR) is 133 cm³/mol. The van der Waals surface area contributed by atoms with E-state index in [-0.39, 0.29) is 5.91 Å². The summed E-state index contributed by atoms with van der Waals surface area (Å²) in [4.78, 5) is 26.3. The third-order valence-corrected chi connectivity index (χ3v) is 7.34. The third kappa shape index (κ3) is 5.18. The van der Waals surface area contributed by atoms with Crippen LogP contribution in [0.3, 0.4) is 0 Å². The Balaban J connectivity index is 1.35. The molecule has 8 nitrogen and oxygen atoms in total. The Kier molecular flexibility index (Phi) is 7.25. The first-order chi connectivity index (χ1) is 16.7. The van der Waals surface area contributed by atoms with Gasteiger partial charge in [-0.25, -0.2) is 4.98 Å². The third-order valence-electron chi connectivity index (χ3n) is 7.34. The van der Waals surface area contributed by atoms with Crippen LogP contribution in [0.25, 0.3) is 10.9 Å². The Morgan fingerprint density at radius 2 is 2.03 bits per heavy atom. The molecule has 0 spiro atoms. The molecule has 2 atom stereocenters. The van der Waals surface area contributed by atoms with Crippen molar-refractivity contribution in [1.82, 2.24) is 14.9 Å². The molecule has 2 unspecified atom stereocenters. The summed E-state index contributed by atoms with van der Waals surface area (Å²) in [6.07, 6.45) is 8.50. The van der Waals surface area contributed by atoms with Crippen molar-refractivity contribution in [3.63, 3.8) is 0 Å². The van der Waals surface area contributed by atoms with Gasteiger partial charge in [0.05, 0.1) is 25.3 Å². The Hall–Kier alpha value is -2.71. The van der Waals surface area contributed by atoms with Gasteiger partial charge in [-0.1, -0.05) is 19.4 Å². The van der Waals surface area contributed by atoms with Crippen molar-refractivity contribution < 1.29 is 14.3 Å². The minimum Gasteiger partial charge on any atom is -0.493 e. The summed E-state index contributed by atoms with van der Waals surface area (Å²) < 4.78 is 11.5. The second-order valence-electron chi connectivity index (χ2n) is 9.49. The number of carbonyl (C=O) groups excluding carboxylic acids is 1. The highest BCUT2D eigenvalue weighted by molar-refractivity contribution is 5.99. The molecular weight excluding hydrogens is 430 g/mol. The molecule has 2 aromatic rings. The minimum atomic E-state index is -0.308. The van der Waals surface area contributed by atoms with E-state index >= 15 is 0 Å². The maximum Gasteiger partial charge on any atom is 0.250 e. The smallest absolute Gasteiger partial charge is 0.250 e. The zero-order chi connectivity index (χ0) is 23.3. The van der Waals surface area contributed by atoms with Crippen LogP contribution in [0.4, 0.5) is 11.8 Å². The summed E-state index contributed by atoms with van der Waals surface area (Å²) in [5, 5.41) is 3.77. The van der Waals surface area contributed by atoms with Crippen LogP contribution in [0, 0.1) is 5.92 Å². The Morgan fingerprint density at radius 3 is 2.88 bits per heavy atom. The Bertz CT molecular complexity index is 1020. The maximum absolute atomic E-state index is 12.0. The highest BCUT2D eigenvalue weighted by Gasteiger charge is 2.37. The first-order valence-electron chi connectivity index (χ1n) is 12.7. The summed E-state index contributed by atoms with van der Waals surface area (Å²) in [7, 11) is 0. The van der Waals surface area contributed by atoms with Crippen LogP contribution < -0.4 is 15.0 Å². The molecule has 3 fully saturated rings. The fraction of sp³-hybridized carbons (Fsp3) is 0.577. The first-order valence-corrected chi connectivity index (χ1v) is 12.7. The number of morpholine rings is 1. The van der Waals surface area contributed by atoms with Gasteiger partial charge in [-0.15, -0.1) is 0 Å². The lowest BCUT2D eigenvalue weighted by atomic mass is 9.85. The monoisotopic (exact) mass is 465 g/mol. The van der Waals surface area contributed by atoms with E-state index in [0.29, 0.717) is 18.6 Å². The number of hydrogen-bond donors (Lipinski definition) is 1. The van der Waals surface area contributed by atoms with Crippen molar-refractivity contribution >= 4 is 28.6 Å². The predicted octanol–water partition coefficient (Wildman–Crippen LogP) is 3.62. The molecule has 2 saturated heterocycles. The molecule has 1 aromatic carbocycles. The van der Waals surface area contributed by atoms with Crippen LogP contribution in [0.15, 0.2) is 30.9 Å². The Labute approximate surface area is 201 Å². The molecule has 8 heteroatoms. The lowest BCUT2D eigenvalue weighted by molar-refractivity contribution is -0.111. The van der Waals surface area contributed by atoms with Gasteiger partial charge in [0.15, 0.2) is 0 Å². The first kappa shape index (κ1) is 23.1. The number of anilines is 2. The van der Waals surface area contributed by atoms with Gasteiger partial charge < -0.3 is 14.4 Å². The van der Waals surface area contributed by atoms with E-state index in [4.69, 9.17) is 14.5 Å². The van der Waals surface area contributed by atoms with Crippen LogP contribution in [0.2, 0.25) is 0 Å². The van der Waals surface area contributed by atoms with Crippen LogP contribution >= 0.6 is 0 Å². The molecule has 1 saturated carbocycles. The molecule has 3 heterocycles. The molecule has 2 aliphatic heterocycles. The van der Waals surface area contributed by atoms with E-state index in [0.717, 1.165) is 74.2 Å². The number of benzene rings is 1.